The summed E-state index contributed by atoms with van der Waals surface area (Å²) >= 11 is 0. The Bertz CT molecular complexity index is 373. The molecule has 5 heteroatoms. The van der Waals surface area contributed by atoms with Crippen molar-refractivity contribution < 1.29 is 9.32 Å². The molecule has 0 spiro atoms. The van der Waals surface area contributed by atoms with Crippen LogP contribution in [0.4, 0.5) is 0 Å². The molecule has 1 aromatic heterocycles. The zero-order valence-corrected chi connectivity index (χ0v) is 9.77. The van der Waals surface area contributed by atoms with E-state index in [9.17, 15) is 4.79 Å². The van der Waals surface area contributed by atoms with Crippen molar-refractivity contribution in [2.45, 2.75) is 39.2 Å². The number of carbonyl (C=O) groups excluding carboxylic acids is 1. The van der Waals surface area contributed by atoms with Gasteiger partial charge in [-0.05, 0) is 13.0 Å². The van der Waals surface area contributed by atoms with Gasteiger partial charge in [0, 0.05) is 12.3 Å². The quantitative estimate of drug-likeness (QED) is 0.774. The van der Waals surface area contributed by atoms with Crippen LogP contribution in [0.1, 0.15) is 44.3 Å². The molecule has 0 atom stereocenters. The van der Waals surface area contributed by atoms with E-state index in [0.29, 0.717) is 37.0 Å². The lowest BCUT2D eigenvalue weighted by atomic mass is 10.1. The molecule has 0 aromatic carbocycles. The van der Waals surface area contributed by atoms with Crippen LogP contribution in [0.2, 0.25) is 0 Å². The lowest BCUT2D eigenvalue weighted by molar-refractivity contribution is -0.122. The summed E-state index contributed by atoms with van der Waals surface area (Å²) in [5.74, 6) is 1.90. The fourth-order valence-corrected chi connectivity index (χ4v) is 1.81. The fourth-order valence-electron chi connectivity index (χ4n) is 1.81. The first-order chi connectivity index (χ1) is 7.65. The number of piperidine rings is 1. The molecule has 1 fully saturated rings. The molecule has 0 bridgehead atoms. The molecule has 0 aliphatic carbocycles. The predicted octanol–water partition coefficient (Wildman–Crippen LogP) is 1.36. The van der Waals surface area contributed by atoms with E-state index in [2.05, 4.69) is 15.0 Å². The van der Waals surface area contributed by atoms with Gasteiger partial charge in [0.1, 0.15) is 5.78 Å². The molecule has 0 saturated carbocycles. The molecule has 5 nitrogen and oxygen atoms in total. The third-order valence-corrected chi connectivity index (χ3v) is 2.67. The Kier molecular flexibility index (Phi) is 3.33. The van der Waals surface area contributed by atoms with Crippen molar-refractivity contribution in [2.24, 2.45) is 0 Å². The second-order valence-electron chi connectivity index (χ2n) is 4.56. The first-order valence-corrected chi connectivity index (χ1v) is 5.71. The first kappa shape index (κ1) is 11.3. The van der Waals surface area contributed by atoms with Crippen LogP contribution < -0.4 is 0 Å². The second-order valence-corrected chi connectivity index (χ2v) is 4.56. The molecule has 16 heavy (non-hydrogen) atoms. The number of likely N-dealkylation sites (tertiary alicyclic amines) is 1. The Morgan fingerprint density at radius 2 is 2.31 bits per heavy atom. The molecule has 0 unspecified atom stereocenters. The molecule has 0 radical (unpaired) electrons. The van der Waals surface area contributed by atoms with Gasteiger partial charge in [-0.3, -0.25) is 9.69 Å². The van der Waals surface area contributed by atoms with Gasteiger partial charge in [-0.25, -0.2) is 0 Å². The second kappa shape index (κ2) is 4.74. The van der Waals surface area contributed by atoms with E-state index in [1.807, 2.05) is 13.8 Å². The Labute approximate surface area is 94.8 Å². The highest BCUT2D eigenvalue weighted by Crippen LogP contribution is 2.13. The zero-order valence-electron chi connectivity index (χ0n) is 9.77. The van der Waals surface area contributed by atoms with Gasteiger partial charge in [-0.15, -0.1) is 0 Å². The summed E-state index contributed by atoms with van der Waals surface area (Å²) < 4.78 is 5.12. The van der Waals surface area contributed by atoms with E-state index >= 15 is 0 Å². The molecule has 88 valence electrons. The lowest BCUT2D eigenvalue weighted by Crippen LogP contribution is -2.35. The first-order valence-electron chi connectivity index (χ1n) is 5.71. The number of hydrogen-bond donors (Lipinski definition) is 0. The molecule has 1 aromatic rings. The SMILES string of the molecule is CC(C)c1nc(CN2CCCC(=O)C2)no1. The molecule has 2 rings (SSSR count). The largest absolute Gasteiger partial charge is 0.339 e. The number of carbonyl (C=O) groups is 1. The van der Waals surface area contributed by atoms with Crippen LogP contribution in [0, 0.1) is 0 Å². The van der Waals surface area contributed by atoms with E-state index in [0.717, 1.165) is 13.0 Å². The summed E-state index contributed by atoms with van der Waals surface area (Å²) in [6.45, 7) is 6.11. The van der Waals surface area contributed by atoms with Gasteiger partial charge in [0.2, 0.25) is 5.89 Å². The Morgan fingerprint density at radius 1 is 1.50 bits per heavy atom. The van der Waals surface area contributed by atoms with Crippen molar-refractivity contribution in [3.8, 4) is 0 Å². The Balaban J connectivity index is 1.95. The van der Waals surface area contributed by atoms with Crippen LogP contribution in [0.25, 0.3) is 0 Å². The van der Waals surface area contributed by atoms with E-state index in [-0.39, 0.29) is 5.92 Å². The standard InChI is InChI=1S/C11H17N3O2/c1-8(2)11-12-10(13-16-11)7-14-5-3-4-9(15)6-14/h8H,3-7H2,1-2H3. The van der Waals surface area contributed by atoms with Gasteiger partial charge in [-0.1, -0.05) is 19.0 Å². The summed E-state index contributed by atoms with van der Waals surface area (Å²) in [6.07, 6.45) is 1.65. The minimum Gasteiger partial charge on any atom is -0.339 e. The molecule has 1 aliphatic rings. The fraction of sp³-hybridized carbons (Fsp3) is 0.727. The molecular formula is C11H17N3O2. The normalized spacial score (nSPS) is 18.3. The van der Waals surface area contributed by atoms with E-state index in [1.165, 1.54) is 0 Å². The topological polar surface area (TPSA) is 59.2 Å². The monoisotopic (exact) mass is 223 g/mol. The van der Waals surface area contributed by atoms with Crippen LogP contribution in [-0.4, -0.2) is 33.9 Å². The highest BCUT2D eigenvalue weighted by atomic mass is 16.5. The highest BCUT2D eigenvalue weighted by Gasteiger charge is 2.19. The van der Waals surface area contributed by atoms with Crippen molar-refractivity contribution in [3.05, 3.63) is 11.7 Å². The Hall–Kier alpha value is -1.23. The van der Waals surface area contributed by atoms with Crippen molar-refractivity contribution in [1.29, 1.82) is 0 Å². The van der Waals surface area contributed by atoms with Gasteiger partial charge in [0.05, 0.1) is 13.1 Å². The van der Waals surface area contributed by atoms with Gasteiger partial charge in [-0.2, -0.15) is 4.98 Å². The maximum atomic E-state index is 11.3. The third kappa shape index (κ3) is 2.66. The van der Waals surface area contributed by atoms with E-state index in [1.54, 1.807) is 0 Å². The maximum Gasteiger partial charge on any atom is 0.229 e. The molecule has 0 N–H and O–H groups in total. The number of nitrogens with zero attached hydrogens (tertiary/aromatic N) is 3. The van der Waals surface area contributed by atoms with E-state index < -0.39 is 0 Å². The summed E-state index contributed by atoms with van der Waals surface area (Å²) in [5, 5.41) is 3.92. The number of Topliss-reactive ketones (excluding diaryl/α,β-unsaturated/α-hetero) is 1. The molecule has 2 heterocycles. The summed E-state index contributed by atoms with van der Waals surface area (Å²) in [4.78, 5) is 17.6. The van der Waals surface area contributed by atoms with Crippen LogP contribution in [0.5, 0.6) is 0 Å². The van der Waals surface area contributed by atoms with E-state index in [4.69, 9.17) is 4.52 Å². The number of hydrogen-bond acceptors (Lipinski definition) is 5. The molecule has 1 aliphatic heterocycles. The van der Waals surface area contributed by atoms with Crippen molar-refractivity contribution >= 4 is 5.78 Å². The zero-order chi connectivity index (χ0) is 11.5. The molecule has 0 amide bonds. The third-order valence-electron chi connectivity index (χ3n) is 2.67. The maximum absolute atomic E-state index is 11.3. The minimum absolute atomic E-state index is 0.254. The summed E-state index contributed by atoms with van der Waals surface area (Å²) in [6, 6.07) is 0. The smallest absolute Gasteiger partial charge is 0.229 e. The average molecular weight is 223 g/mol. The molecular weight excluding hydrogens is 206 g/mol. The van der Waals surface area contributed by atoms with Crippen molar-refractivity contribution in [2.75, 3.05) is 13.1 Å². The Morgan fingerprint density at radius 3 is 2.94 bits per heavy atom. The van der Waals surface area contributed by atoms with Crippen LogP contribution in [0.15, 0.2) is 4.52 Å². The number of rotatable bonds is 3. The van der Waals surface area contributed by atoms with Crippen molar-refractivity contribution in [3.63, 3.8) is 0 Å². The number of ketones is 1. The van der Waals surface area contributed by atoms with Gasteiger partial charge >= 0.3 is 0 Å². The highest BCUT2D eigenvalue weighted by molar-refractivity contribution is 5.81. The summed E-state index contributed by atoms with van der Waals surface area (Å²) in [7, 11) is 0. The van der Waals surface area contributed by atoms with Gasteiger partial charge < -0.3 is 4.52 Å². The minimum atomic E-state index is 0.254. The lowest BCUT2D eigenvalue weighted by Gasteiger charge is -2.23. The summed E-state index contributed by atoms with van der Waals surface area (Å²) in [5.41, 5.74) is 0. The average Bonchev–Trinajstić information content (AvgIpc) is 2.66. The number of aromatic nitrogens is 2. The molecule has 1 saturated heterocycles. The van der Waals surface area contributed by atoms with Gasteiger partial charge in [0.25, 0.3) is 0 Å². The van der Waals surface area contributed by atoms with Gasteiger partial charge in [0.15, 0.2) is 5.82 Å². The van der Waals surface area contributed by atoms with Crippen LogP contribution in [-0.2, 0) is 11.3 Å². The predicted molar refractivity (Wildman–Crippen MR) is 57.9 cm³/mol. The van der Waals surface area contributed by atoms with Crippen LogP contribution >= 0.6 is 0 Å². The van der Waals surface area contributed by atoms with Crippen molar-refractivity contribution in [1.82, 2.24) is 15.0 Å². The van der Waals surface area contributed by atoms with Crippen LogP contribution in [0.3, 0.4) is 0 Å².